The molecular weight excluding hydrogens is 366 g/mol. The molecule has 27 heavy (non-hydrogen) atoms. The van der Waals surface area contributed by atoms with Crippen molar-refractivity contribution in [2.24, 2.45) is 0 Å². The zero-order chi connectivity index (χ0) is 19.4. The number of urea groups is 1. The summed E-state index contributed by atoms with van der Waals surface area (Å²) < 4.78 is 10.5. The Balaban J connectivity index is 1.68. The van der Waals surface area contributed by atoms with Crippen molar-refractivity contribution in [2.45, 2.75) is 45.2 Å². The molecule has 1 aromatic heterocycles. The molecule has 1 aliphatic rings. The maximum atomic E-state index is 12.4. The van der Waals surface area contributed by atoms with Crippen LogP contribution in [0.5, 0.6) is 11.5 Å². The Hall–Kier alpha value is -2.55. The van der Waals surface area contributed by atoms with Gasteiger partial charge in [0.15, 0.2) is 0 Å². The van der Waals surface area contributed by atoms with Crippen LogP contribution < -0.4 is 25.0 Å². The largest absolute Gasteiger partial charge is 0.497 e. The number of amides is 2. The van der Waals surface area contributed by atoms with Crippen LogP contribution in [0.25, 0.3) is 0 Å². The molecule has 2 aromatic rings. The molecule has 146 valence electrons. The predicted molar refractivity (Wildman–Crippen MR) is 107 cm³/mol. The molecule has 2 amide bonds. The number of piperidine rings is 1. The lowest BCUT2D eigenvalue weighted by Gasteiger charge is -2.38. The van der Waals surface area contributed by atoms with E-state index in [1.807, 2.05) is 0 Å². The van der Waals surface area contributed by atoms with Crippen LogP contribution in [0.2, 0.25) is 0 Å². The van der Waals surface area contributed by atoms with Gasteiger partial charge in [0.25, 0.3) is 0 Å². The van der Waals surface area contributed by atoms with Gasteiger partial charge in [-0.15, -0.1) is 10.2 Å². The first-order valence-electron chi connectivity index (χ1n) is 8.93. The minimum absolute atomic E-state index is 0.413. The summed E-state index contributed by atoms with van der Waals surface area (Å²) in [6, 6.07) is 5.62. The second-order valence-electron chi connectivity index (χ2n) is 6.57. The van der Waals surface area contributed by atoms with E-state index in [1.165, 1.54) is 17.8 Å². The maximum absolute atomic E-state index is 12.4. The monoisotopic (exact) mass is 391 g/mol. The Morgan fingerprint density at radius 1 is 1.15 bits per heavy atom. The van der Waals surface area contributed by atoms with Crippen LogP contribution in [0.1, 0.15) is 33.1 Å². The Labute approximate surface area is 162 Å². The van der Waals surface area contributed by atoms with Crippen molar-refractivity contribution in [3.05, 3.63) is 18.2 Å². The minimum Gasteiger partial charge on any atom is -0.497 e. The molecule has 9 heteroatoms. The first-order valence-corrected chi connectivity index (χ1v) is 9.75. The second kappa shape index (κ2) is 8.43. The number of carbonyl (C=O) groups excluding carboxylic acids is 1. The Morgan fingerprint density at radius 3 is 2.56 bits per heavy atom. The van der Waals surface area contributed by atoms with Crippen molar-refractivity contribution >= 4 is 33.3 Å². The lowest BCUT2D eigenvalue weighted by molar-refractivity contribution is 0.262. The van der Waals surface area contributed by atoms with Crippen LogP contribution in [-0.2, 0) is 0 Å². The van der Waals surface area contributed by atoms with Gasteiger partial charge in [0.05, 0.1) is 19.9 Å². The minimum atomic E-state index is -0.413. The number of benzene rings is 1. The maximum Gasteiger partial charge on any atom is 0.325 e. The number of nitrogens with one attached hydrogen (secondary N) is 2. The zero-order valence-electron chi connectivity index (χ0n) is 16.0. The van der Waals surface area contributed by atoms with Crippen LogP contribution in [0.3, 0.4) is 0 Å². The third-order valence-corrected chi connectivity index (χ3v) is 5.56. The summed E-state index contributed by atoms with van der Waals surface area (Å²) in [5.41, 5.74) is 0.511. The molecule has 3 rings (SSSR count). The first kappa shape index (κ1) is 19.2. The van der Waals surface area contributed by atoms with E-state index in [9.17, 15) is 4.79 Å². The highest BCUT2D eigenvalue weighted by Gasteiger charge is 2.27. The Morgan fingerprint density at radius 2 is 1.89 bits per heavy atom. The number of nitrogens with zero attached hydrogens (tertiary/aromatic N) is 3. The summed E-state index contributed by atoms with van der Waals surface area (Å²) in [5, 5.41) is 15.2. The third-order valence-electron chi connectivity index (χ3n) is 4.70. The number of rotatable bonds is 5. The molecule has 2 atom stereocenters. The van der Waals surface area contributed by atoms with E-state index in [0.29, 0.717) is 34.4 Å². The van der Waals surface area contributed by atoms with E-state index in [0.717, 1.165) is 18.0 Å². The highest BCUT2D eigenvalue weighted by atomic mass is 32.1. The number of hydrogen-bond acceptors (Lipinski definition) is 7. The normalized spacial score (nSPS) is 19.5. The SMILES string of the molecule is COc1ccc(OC)c(NC(=O)Nc2nnc(N3C(C)CCCC3C)s2)c1. The lowest BCUT2D eigenvalue weighted by atomic mass is 9.98. The molecule has 2 N–H and O–H groups in total. The fourth-order valence-electron chi connectivity index (χ4n) is 3.33. The van der Waals surface area contributed by atoms with Gasteiger partial charge < -0.3 is 19.7 Å². The van der Waals surface area contributed by atoms with Crippen molar-refractivity contribution in [1.82, 2.24) is 10.2 Å². The molecule has 0 bridgehead atoms. The van der Waals surface area contributed by atoms with Gasteiger partial charge in [-0.2, -0.15) is 0 Å². The molecule has 0 radical (unpaired) electrons. The molecular formula is C18H25N5O3S. The topological polar surface area (TPSA) is 88.6 Å². The number of aromatic nitrogens is 2. The number of hydrogen-bond donors (Lipinski definition) is 2. The average Bonchev–Trinajstić information content (AvgIpc) is 3.09. The smallest absolute Gasteiger partial charge is 0.325 e. The van der Waals surface area contributed by atoms with E-state index in [1.54, 1.807) is 32.4 Å². The van der Waals surface area contributed by atoms with Crippen molar-refractivity contribution in [3.8, 4) is 11.5 Å². The summed E-state index contributed by atoms with van der Waals surface area (Å²) in [6.07, 6.45) is 3.51. The number of carbonyl (C=O) groups is 1. The molecule has 0 spiro atoms. The molecule has 1 aromatic carbocycles. The summed E-state index contributed by atoms with van der Waals surface area (Å²) in [5.74, 6) is 1.16. The van der Waals surface area contributed by atoms with Gasteiger partial charge in [-0.05, 0) is 45.2 Å². The van der Waals surface area contributed by atoms with Gasteiger partial charge in [-0.1, -0.05) is 11.3 Å². The van der Waals surface area contributed by atoms with Crippen molar-refractivity contribution < 1.29 is 14.3 Å². The third kappa shape index (κ3) is 4.41. The molecule has 2 heterocycles. The number of anilines is 3. The molecule has 1 saturated heterocycles. The zero-order valence-corrected chi connectivity index (χ0v) is 16.8. The van der Waals surface area contributed by atoms with Crippen molar-refractivity contribution in [2.75, 3.05) is 29.8 Å². The summed E-state index contributed by atoms with van der Waals surface area (Å²) in [7, 11) is 3.11. The van der Waals surface area contributed by atoms with Gasteiger partial charge in [0.2, 0.25) is 10.3 Å². The highest BCUT2D eigenvalue weighted by Crippen LogP contribution is 2.33. The predicted octanol–water partition coefficient (Wildman–Crippen LogP) is 3.97. The molecule has 0 saturated carbocycles. The first-order chi connectivity index (χ1) is 13.0. The molecule has 1 aliphatic heterocycles. The van der Waals surface area contributed by atoms with Crippen LogP contribution in [0.15, 0.2) is 18.2 Å². The number of methoxy groups -OCH3 is 2. The van der Waals surface area contributed by atoms with Crippen LogP contribution in [0.4, 0.5) is 20.7 Å². The Kier molecular flexibility index (Phi) is 6.00. The van der Waals surface area contributed by atoms with E-state index in [4.69, 9.17) is 9.47 Å². The van der Waals surface area contributed by atoms with Crippen molar-refractivity contribution in [3.63, 3.8) is 0 Å². The summed E-state index contributed by atoms with van der Waals surface area (Å²) >= 11 is 1.38. The van der Waals surface area contributed by atoms with Gasteiger partial charge >= 0.3 is 6.03 Å². The fourth-order valence-corrected chi connectivity index (χ4v) is 4.28. The van der Waals surface area contributed by atoms with Crippen LogP contribution in [0, 0.1) is 0 Å². The van der Waals surface area contributed by atoms with E-state index in [2.05, 4.69) is 39.6 Å². The molecule has 1 fully saturated rings. The van der Waals surface area contributed by atoms with Crippen molar-refractivity contribution in [1.29, 1.82) is 0 Å². The molecule has 0 aliphatic carbocycles. The van der Waals surface area contributed by atoms with Crippen LogP contribution in [-0.4, -0.2) is 42.5 Å². The second-order valence-corrected chi connectivity index (χ2v) is 7.53. The Bertz CT molecular complexity index is 787. The highest BCUT2D eigenvalue weighted by molar-refractivity contribution is 7.19. The average molecular weight is 391 g/mol. The van der Waals surface area contributed by atoms with E-state index < -0.39 is 6.03 Å². The summed E-state index contributed by atoms with van der Waals surface area (Å²) in [6.45, 7) is 4.40. The fraction of sp³-hybridized carbons (Fsp3) is 0.500. The molecule has 8 nitrogen and oxygen atoms in total. The quantitative estimate of drug-likeness (QED) is 0.802. The van der Waals surface area contributed by atoms with E-state index in [-0.39, 0.29) is 0 Å². The standard InChI is InChI=1S/C18H25N5O3S/c1-11-6-5-7-12(2)23(11)18-22-21-17(27-18)20-16(24)19-14-10-13(25-3)8-9-15(14)26-4/h8-12H,5-7H2,1-4H3,(H2,19,20,21,24). The summed E-state index contributed by atoms with van der Waals surface area (Å²) in [4.78, 5) is 14.7. The van der Waals surface area contributed by atoms with Gasteiger partial charge in [0, 0.05) is 18.2 Å². The van der Waals surface area contributed by atoms with Gasteiger partial charge in [-0.3, -0.25) is 5.32 Å². The van der Waals surface area contributed by atoms with Gasteiger partial charge in [0.1, 0.15) is 11.5 Å². The van der Waals surface area contributed by atoms with E-state index >= 15 is 0 Å². The van der Waals surface area contributed by atoms with Gasteiger partial charge in [-0.25, -0.2) is 4.79 Å². The van der Waals surface area contributed by atoms with Crippen LogP contribution >= 0.6 is 11.3 Å². The molecule has 2 unspecified atom stereocenters. The number of ether oxygens (including phenoxy) is 2. The lowest BCUT2D eigenvalue weighted by Crippen LogP contribution is -2.43.